The molecule has 1 N–H and O–H groups in total. The second-order valence-electron chi connectivity index (χ2n) is 4.85. The van der Waals surface area contributed by atoms with Gasteiger partial charge in [-0.3, -0.25) is 0 Å². The highest BCUT2D eigenvalue weighted by atomic mass is 15.0. The van der Waals surface area contributed by atoms with Crippen LogP contribution in [0.5, 0.6) is 0 Å². The molecule has 1 saturated carbocycles. The fraction of sp³-hybridized carbons (Fsp3) is 0.333. The second kappa shape index (κ2) is 4.66. The molecule has 1 aromatic heterocycles. The highest BCUT2D eigenvalue weighted by molar-refractivity contribution is 5.82. The molecule has 3 heteroatoms. The molecule has 90 valence electrons. The Balaban J connectivity index is 1.86. The third kappa shape index (κ3) is 2.28. The van der Waals surface area contributed by atoms with Gasteiger partial charge in [-0.2, -0.15) is 5.26 Å². The molecule has 1 aliphatic rings. The van der Waals surface area contributed by atoms with Gasteiger partial charge in [0.25, 0.3) is 0 Å². The molecular weight excluding hydrogens is 222 g/mol. The normalized spacial score (nSPS) is 14.4. The van der Waals surface area contributed by atoms with Crippen LogP contribution in [0.1, 0.15) is 24.8 Å². The molecule has 0 spiro atoms. The smallest absolute Gasteiger partial charge is 0.144 e. The van der Waals surface area contributed by atoms with Crippen molar-refractivity contribution in [2.45, 2.75) is 19.3 Å². The van der Waals surface area contributed by atoms with Gasteiger partial charge >= 0.3 is 0 Å². The minimum absolute atomic E-state index is 0.629. The molecule has 3 rings (SSSR count). The second-order valence-corrected chi connectivity index (χ2v) is 4.85. The number of nitrogens with one attached hydrogen (secondary N) is 1. The Morgan fingerprint density at radius 1 is 1.33 bits per heavy atom. The summed E-state index contributed by atoms with van der Waals surface area (Å²) in [6, 6.07) is 12.0. The number of para-hydroxylation sites is 1. The zero-order valence-corrected chi connectivity index (χ0v) is 10.2. The van der Waals surface area contributed by atoms with E-state index in [0.717, 1.165) is 29.2 Å². The number of hydrogen-bond donors (Lipinski definition) is 1. The number of nitriles is 1. The molecule has 0 unspecified atom stereocenters. The van der Waals surface area contributed by atoms with Gasteiger partial charge in [0.05, 0.1) is 11.1 Å². The number of pyridine rings is 1. The predicted octanol–water partition coefficient (Wildman–Crippen LogP) is 3.32. The molecule has 2 aromatic rings. The van der Waals surface area contributed by atoms with Crippen LogP contribution in [0.2, 0.25) is 0 Å². The highest BCUT2D eigenvalue weighted by Crippen LogP contribution is 2.32. The Hall–Kier alpha value is -2.08. The van der Waals surface area contributed by atoms with Gasteiger partial charge in [0.2, 0.25) is 0 Å². The molecule has 1 heterocycles. The summed E-state index contributed by atoms with van der Waals surface area (Å²) in [5.41, 5.74) is 1.56. The van der Waals surface area contributed by atoms with Crippen LogP contribution in [0, 0.1) is 17.2 Å². The number of nitrogens with zero attached hydrogens (tertiary/aromatic N) is 2. The summed E-state index contributed by atoms with van der Waals surface area (Å²) in [5.74, 6) is 1.61. The zero-order chi connectivity index (χ0) is 12.4. The SMILES string of the molecule is N#Cc1cc2ccccc2nc1NCCC1CC1. The lowest BCUT2D eigenvalue weighted by molar-refractivity contribution is 0.758. The maximum absolute atomic E-state index is 9.17. The summed E-state index contributed by atoms with van der Waals surface area (Å²) in [6.45, 7) is 0.907. The molecule has 0 bridgehead atoms. The number of rotatable bonds is 4. The van der Waals surface area contributed by atoms with E-state index in [9.17, 15) is 0 Å². The molecule has 0 atom stereocenters. The van der Waals surface area contributed by atoms with E-state index in [4.69, 9.17) is 5.26 Å². The molecule has 18 heavy (non-hydrogen) atoms. The molecule has 3 nitrogen and oxygen atoms in total. The molecular formula is C15H15N3. The minimum Gasteiger partial charge on any atom is -0.369 e. The van der Waals surface area contributed by atoms with E-state index in [2.05, 4.69) is 16.4 Å². The lowest BCUT2D eigenvalue weighted by Crippen LogP contribution is -2.06. The van der Waals surface area contributed by atoms with Crippen LogP contribution in [-0.2, 0) is 0 Å². The first-order chi connectivity index (χ1) is 8.86. The number of anilines is 1. The number of aromatic nitrogens is 1. The maximum Gasteiger partial charge on any atom is 0.144 e. The van der Waals surface area contributed by atoms with Crippen LogP contribution in [0.25, 0.3) is 10.9 Å². The first kappa shape index (κ1) is 11.0. The number of benzene rings is 1. The van der Waals surface area contributed by atoms with Gasteiger partial charge in [-0.1, -0.05) is 31.0 Å². The zero-order valence-electron chi connectivity index (χ0n) is 10.2. The molecule has 0 amide bonds. The van der Waals surface area contributed by atoms with Crippen molar-refractivity contribution in [2.24, 2.45) is 5.92 Å². The van der Waals surface area contributed by atoms with E-state index in [-0.39, 0.29) is 0 Å². The monoisotopic (exact) mass is 237 g/mol. The molecule has 1 fully saturated rings. The molecule has 0 aliphatic heterocycles. The van der Waals surface area contributed by atoms with E-state index < -0.39 is 0 Å². The van der Waals surface area contributed by atoms with Crippen molar-refractivity contribution >= 4 is 16.7 Å². The standard InChI is InChI=1S/C15H15N3/c16-10-13-9-12-3-1-2-4-14(12)18-15(13)17-8-7-11-5-6-11/h1-4,9,11H,5-8H2,(H,17,18). The number of hydrogen-bond acceptors (Lipinski definition) is 3. The van der Waals surface area contributed by atoms with Crippen LogP contribution in [0.3, 0.4) is 0 Å². The van der Waals surface area contributed by atoms with Crippen molar-refractivity contribution in [1.82, 2.24) is 4.98 Å². The quantitative estimate of drug-likeness (QED) is 0.887. The van der Waals surface area contributed by atoms with E-state index in [1.165, 1.54) is 19.3 Å². The van der Waals surface area contributed by atoms with Gasteiger partial charge in [-0.15, -0.1) is 0 Å². The van der Waals surface area contributed by atoms with Gasteiger partial charge in [0.1, 0.15) is 11.9 Å². The summed E-state index contributed by atoms with van der Waals surface area (Å²) < 4.78 is 0. The lowest BCUT2D eigenvalue weighted by Gasteiger charge is -2.08. The van der Waals surface area contributed by atoms with Crippen molar-refractivity contribution in [3.63, 3.8) is 0 Å². The Kier molecular flexibility index (Phi) is 2.85. The molecule has 0 radical (unpaired) electrons. The third-order valence-electron chi connectivity index (χ3n) is 3.39. The van der Waals surface area contributed by atoms with Gasteiger partial charge in [-0.05, 0) is 24.5 Å². The van der Waals surface area contributed by atoms with E-state index in [1.807, 2.05) is 30.3 Å². The summed E-state index contributed by atoms with van der Waals surface area (Å²) in [6.07, 6.45) is 3.90. The Morgan fingerprint density at radius 3 is 2.94 bits per heavy atom. The predicted molar refractivity (Wildman–Crippen MR) is 72.3 cm³/mol. The lowest BCUT2D eigenvalue weighted by atomic mass is 10.1. The van der Waals surface area contributed by atoms with Crippen LogP contribution in [0.4, 0.5) is 5.82 Å². The van der Waals surface area contributed by atoms with Crippen molar-refractivity contribution < 1.29 is 0 Å². The van der Waals surface area contributed by atoms with E-state index >= 15 is 0 Å². The van der Waals surface area contributed by atoms with Gasteiger partial charge in [0, 0.05) is 11.9 Å². The average molecular weight is 237 g/mol. The van der Waals surface area contributed by atoms with E-state index in [0.29, 0.717) is 5.56 Å². The van der Waals surface area contributed by atoms with Crippen molar-refractivity contribution in [2.75, 3.05) is 11.9 Å². The van der Waals surface area contributed by atoms with Crippen LogP contribution in [0.15, 0.2) is 30.3 Å². The average Bonchev–Trinajstić information content (AvgIpc) is 3.22. The summed E-state index contributed by atoms with van der Waals surface area (Å²) in [5, 5.41) is 13.5. The Bertz CT molecular complexity index is 609. The Labute approximate surface area is 106 Å². The first-order valence-corrected chi connectivity index (χ1v) is 6.40. The summed E-state index contributed by atoms with van der Waals surface area (Å²) >= 11 is 0. The van der Waals surface area contributed by atoms with Gasteiger partial charge < -0.3 is 5.32 Å². The minimum atomic E-state index is 0.629. The van der Waals surface area contributed by atoms with E-state index in [1.54, 1.807) is 0 Å². The van der Waals surface area contributed by atoms with Crippen molar-refractivity contribution in [3.8, 4) is 6.07 Å². The fourth-order valence-electron chi connectivity index (χ4n) is 2.14. The largest absolute Gasteiger partial charge is 0.369 e. The summed E-state index contributed by atoms with van der Waals surface area (Å²) in [4.78, 5) is 4.53. The van der Waals surface area contributed by atoms with Gasteiger partial charge in [-0.25, -0.2) is 4.98 Å². The molecule has 1 aliphatic carbocycles. The van der Waals surface area contributed by atoms with Gasteiger partial charge in [0.15, 0.2) is 0 Å². The van der Waals surface area contributed by atoms with Crippen molar-refractivity contribution in [3.05, 3.63) is 35.9 Å². The third-order valence-corrected chi connectivity index (χ3v) is 3.39. The Morgan fingerprint density at radius 2 is 2.17 bits per heavy atom. The summed E-state index contributed by atoms with van der Waals surface area (Å²) in [7, 11) is 0. The maximum atomic E-state index is 9.17. The molecule has 1 aromatic carbocycles. The topological polar surface area (TPSA) is 48.7 Å². The van der Waals surface area contributed by atoms with Crippen LogP contribution < -0.4 is 5.32 Å². The first-order valence-electron chi connectivity index (χ1n) is 6.40. The fourth-order valence-corrected chi connectivity index (χ4v) is 2.14. The van der Waals surface area contributed by atoms with Crippen LogP contribution in [-0.4, -0.2) is 11.5 Å². The van der Waals surface area contributed by atoms with Crippen LogP contribution >= 0.6 is 0 Å². The van der Waals surface area contributed by atoms with Crippen molar-refractivity contribution in [1.29, 1.82) is 5.26 Å². The number of fused-ring (bicyclic) bond motifs is 1. The molecule has 0 saturated heterocycles. The highest BCUT2D eigenvalue weighted by Gasteiger charge is 2.20.